The molecule has 1 saturated heterocycles. The van der Waals surface area contributed by atoms with Crippen LogP contribution >= 0.6 is 0 Å². The van der Waals surface area contributed by atoms with Crippen molar-refractivity contribution in [3.8, 4) is 11.5 Å². The van der Waals surface area contributed by atoms with Gasteiger partial charge in [-0.25, -0.2) is 0 Å². The zero-order chi connectivity index (χ0) is 14.0. The first kappa shape index (κ1) is 14.2. The van der Waals surface area contributed by atoms with Gasteiger partial charge >= 0.3 is 0 Å². The van der Waals surface area contributed by atoms with Crippen LogP contribution < -0.4 is 9.47 Å². The van der Waals surface area contributed by atoms with E-state index in [4.69, 9.17) is 14.3 Å². The smallest absolute Gasteiger partial charge is 0.160 e. The average Bonchev–Trinajstić information content (AvgIpc) is 3.15. The van der Waals surface area contributed by atoms with Crippen LogP contribution in [0.5, 0.6) is 11.5 Å². The number of hydrogen-bond donors (Lipinski definition) is 0. The van der Waals surface area contributed by atoms with Gasteiger partial charge < -0.3 is 9.47 Å². The lowest BCUT2D eigenvalue weighted by Crippen LogP contribution is -2.19. The summed E-state index contributed by atoms with van der Waals surface area (Å²) in [7, 11) is 3.31. The molecule has 1 aliphatic rings. The molecule has 1 heterocycles. The van der Waals surface area contributed by atoms with E-state index >= 15 is 0 Å². The van der Waals surface area contributed by atoms with Gasteiger partial charge in [0.25, 0.3) is 0 Å². The van der Waals surface area contributed by atoms with Gasteiger partial charge in [-0.05, 0) is 24.1 Å². The van der Waals surface area contributed by atoms with E-state index in [1.54, 1.807) is 14.2 Å². The minimum atomic E-state index is 0.178. The van der Waals surface area contributed by atoms with E-state index in [0.717, 1.165) is 24.5 Å². The van der Waals surface area contributed by atoms with Crippen molar-refractivity contribution in [1.29, 1.82) is 0 Å². The summed E-state index contributed by atoms with van der Waals surface area (Å²) in [6.07, 6.45) is 1.18. The van der Waals surface area contributed by atoms with Crippen molar-refractivity contribution in [2.24, 2.45) is 5.41 Å². The lowest BCUT2D eigenvalue weighted by molar-refractivity contribution is 0.192. The van der Waals surface area contributed by atoms with Crippen molar-refractivity contribution in [2.75, 3.05) is 20.8 Å². The number of nitrogens with zero attached hydrogens (tertiary/aromatic N) is 1. The summed E-state index contributed by atoms with van der Waals surface area (Å²) in [5, 5.41) is 2.04. The molecule has 4 nitrogen and oxygen atoms in total. The quantitative estimate of drug-likeness (QED) is 0.767. The molecule has 0 N–H and O–H groups in total. The highest BCUT2D eigenvalue weighted by Gasteiger charge is 2.45. The highest BCUT2D eigenvalue weighted by molar-refractivity contribution is 5.42. The lowest BCUT2D eigenvalue weighted by Gasteiger charge is -2.13. The summed E-state index contributed by atoms with van der Waals surface area (Å²) in [6, 6.07) is 6.03. The highest BCUT2D eigenvalue weighted by Crippen LogP contribution is 2.36. The number of benzene rings is 1. The first-order valence-electron chi connectivity index (χ1n) is 6.60. The number of hydroxylamine groups is 2. The Hall–Kier alpha value is -1.26. The molecule has 0 bridgehead atoms. The van der Waals surface area contributed by atoms with Crippen LogP contribution in [0, 0.1) is 5.41 Å². The number of ether oxygens (including phenoxy) is 2. The summed E-state index contributed by atoms with van der Waals surface area (Å²) >= 11 is 0. The van der Waals surface area contributed by atoms with Crippen LogP contribution in [0.1, 0.15) is 26.3 Å². The number of rotatable bonds is 5. The van der Waals surface area contributed by atoms with Gasteiger partial charge in [0.2, 0.25) is 0 Å². The van der Waals surface area contributed by atoms with Gasteiger partial charge in [-0.2, -0.15) is 5.06 Å². The average molecular weight is 265 g/mol. The third-order valence-electron chi connectivity index (χ3n) is 3.26. The minimum Gasteiger partial charge on any atom is -0.493 e. The largest absolute Gasteiger partial charge is 0.493 e. The summed E-state index contributed by atoms with van der Waals surface area (Å²) in [6.45, 7) is 7.47. The van der Waals surface area contributed by atoms with Gasteiger partial charge in [0, 0.05) is 12.0 Å². The molecule has 0 aromatic heterocycles. The fourth-order valence-electron chi connectivity index (χ4n) is 2.14. The third-order valence-corrected chi connectivity index (χ3v) is 3.26. The zero-order valence-corrected chi connectivity index (χ0v) is 12.4. The van der Waals surface area contributed by atoms with Crippen LogP contribution in [0.15, 0.2) is 18.2 Å². The number of hydrogen-bond acceptors (Lipinski definition) is 4. The Bertz CT molecular complexity index is 440. The number of methoxy groups -OCH3 is 2. The predicted molar refractivity (Wildman–Crippen MR) is 74.3 cm³/mol. The Morgan fingerprint density at radius 1 is 1.16 bits per heavy atom. The second-order valence-electron chi connectivity index (χ2n) is 5.90. The monoisotopic (exact) mass is 265 g/mol. The van der Waals surface area contributed by atoms with E-state index in [1.165, 1.54) is 5.56 Å². The second kappa shape index (κ2) is 5.39. The van der Waals surface area contributed by atoms with Crippen molar-refractivity contribution in [1.82, 2.24) is 5.06 Å². The van der Waals surface area contributed by atoms with Crippen LogP contribution in [0.2, 0.25) is 0 Å². The Morgan fingerprint density at radius 3 is 2.37 bits per heavy atom. The molecule has 0 saturated carbocycles. The summed E-state index contributed by atoms with van der Waals surface area (Å²) in [4.78, 5) is 5.58. The molecule has 2 atom stereocenters. The Labute approximate surface area is 115 Å². The fraction of sp³-hybridized carbons (Fsp3) is 0.600. The molecule has 1 fully saturated rings. The van der Waals surface area contributed by atoms with Crippen molar-refractivity contribution < 1.29 is 14.3 Å². The van der Waals surface area contributed by atoms with Crippen molar-refractivity contribution in [3.63, 3.8) is 0 Å². The minimum absolute atomic E-state index is 0.178. The van der Waals surface area contributed by atoms with Crippen molar-refractivity contribution in [3.05, 3.63) is 23.8 Å². The molecular weight excluding hydrogens is 242 g/mol. The molecule has 4 heteroatoms. The maximum Gasteiger partial charge on any atom is 0.160 e. The van der Waals surface area contributed by atoms with Gasteiger partial charge in [0.1, 0.15) is 0 Å². The Balaban J connectivity index is 1.91. The van der Waals surface area contributed by atoms with Gasteiger partial charge in [0.15, 0.2) is 17.7 Å². The van der Waals surface area contributed by atoms with E-state index in [-0.39, 0.29) is 11.6 Å². The third kappa shape index (κ3) is 3.39. The molecule has 2 rings (SSSR count). The van der Waals surface area contributed by atoms with E-state index in [1.807, 2.05) is 17.2 Å². The molecule has 0 aliphatic carbocycles. The summed E-state index contributed by atoms with van der Waals surface area (Å²) in [5.74, 6) is 1.54. The second-order valence-corrected chi connectivity index (χ2v) is 5.90. The SMILES string of the molecule is COc1ccc(CCN2O[C@@H]2C(C)(C)C)cc1OC. The molecule has 19 heavy (non-hydrogen) atoms. The molecule has 1 aromatic carbocycles. The topological polar surface area (TPSA) is 34.0 Å². The van der Waals surface area contributed by atoms with Gasteiger partial charge in [-0.15, -0.1) is 0 Å². The van der Waals surface area contributed by atoms with Crippen LogP contribution in [0.4, 0.5) is 0 Å². The van der Waals surface area contributed by atoms with Crippen LogP contribution in [0.3, 0.4) is 0 Å². The standard InChI is InChI=1S/C15H23NO3/c1-15(2,3)14-16(19-14)9-8-11-6-7-12(17-4)13(10-11)18-5/h6-7,10,14H,8-9H2,1-5H3/t14-,16?/m1/s1. The van der Waals surface area contributed by atoms with Crippen molar-refractivity contribution in [2.45, 2.75) is 33.4 Å². The first-order chi connectivity index (χ1) is 8.95. The molecule has 1 aliphatic heterocycles. The van der Waals surface area contributed by atoms with E-state index in [0.29, 0.717) is 0 Å². The lowest BCUT2D eigenvalue weighted by atomic mass is 9.95. The summed E-state index contributed by atoms with van der Waals surface area (Å²) < 4.78 is 10.5. The van der Waals surface area contributed by atoms with Crippen LogP contribution in [0.25, 0.3) is 0 Å². The molecule has 106 valence electrons. The van der Waals surface area contributed by atoms with Gasteiger partial charge in [0.05, 0.1) is 14.2 Å². The highest BCUT2D eigenvalue weighted by atomic mass is 16.8. The van der Waals surface area contributed by atoms with Crippen LogP contribution in [-0.4, -0.2) is 32.1 Å². The normalized spacial score (nSPS) is 22.2. The molecule has 0 spiro atoms. The van der Waals surface area contributed by atoms with Gasteiger partial charge in [-0.1, -0.05) is 26.8 Å². The maximum absolute atomic E-state index is 5.58. The van der Waals surface area contributed by atoms with Crippen LogP contribution in [-0.2, 0) is 11.3 Å². The molecule has 1 aromatic rings. The molecule has 0 radical (unpaired) electrons. The molecule has 1 unspecified atom stereocenters. The summed E-state index contributed by atoms with van der Waals surface area (Å²) in [5.41, 5.74) is 1.40. The van der Waals surface area contributed by atoms with E-state index in [9.17, 15) is 0 Å². The maximum atomic E-state index is 5.58. The van der Waals surface area contributed by atoms with Crippen molar-refractivity contribution >= 4 is 0 Å². The Morgan fingerprint density at radius 2 is 1.84 bits per heavy atom. The zero-order valence-electron chi connectivity index (χ0n) is 12.4. The predicted octanol–water partition coefficient (Wildman–Crippen LogP) is 2.87. The fourth-order valence-corrected chi connectivity index (χ4v) is 2.14. The molecular formula is C15H23NO3. The van der Waals surface area contributed by atoms with E-state index < -0.39 is 0 Å². The Kier molecular flexibility index (Phi) is 4.02. The first-order valence-corrected chi connectivity index (χ1v) is 6.60. The van der Waals surface area contributed by atoms with E-state index in [2.05, 4.69) is 26.8 Å². The van der Waals surface area contributed by atoms with Gasteiger partial charge in [-0.3, -0.25) is 4.84 Å². The molecule has 0 amide bonds.